The molecule has 0 amide bonds. The molecule has 4 heterocycles. The number of hydrogen-bond donors (Lipinski definition) is 0. The lowest BCUT2D eigenvalue weighted by molar-refractivity contribution is -0.187. The van der Waals surface area contributed by atoms with Crippen molar-refractivity contribution in [2.24, 2.45) is 47.3 Å². The van der Waals surface area contributed by atoms with E-state index in [1.807, 2.05) is 39.8 Å². The van der Waals surface area contributed by atoms with E-state index in [9.17, 15) is 8.78 Å². The third kappa shape index (κ3) is 41.7. The summed E-state index contributed by atoms with van der Waals surface area (Å²) < 4.78 is 56.6. The molecule has 1 saturated carbocycles. The maximum atomic E-state index is 12.6. The van der Waals surface area contributed by atoms with Gasteiger partial charge >= 0.3 is 0 Å². The Bertz CT molecular complexity index is 1810. The van der Waals surface area contributed by atoms with Crippen LogP contribution in [0.5, 0.6) is 0 Å². The number of allylic oxidation sites excluding steroid dienone is 4. The van der Waals surface area contributed by atoms with Gasteiger partial charge in [-0.2, -0.15) is 0 Å². The molecular weight excluding hydrogens is 1020 g/mol. The molecule has 0 spiro atoms. The van der Waals surface area contributed by atoms with Crippen molar-refractivity contribution in [3.63, 3.8) is 0 Å². The largest absolute Gasteiger partial charge is 0.378 e. The lowest BCUT2D eigenvalue weighted by Gasteiger charge is -2.24. The van der Waals surface area contributed by atoms with Crippen molar-refractivity contribution in [3.05, 3.63) is 129 Å². The Morgan fingerprint density at radius 3 is 0.793 bits per heavy atom. The first-order valence-corrected chi connectivity index (χ1v) is 32.2. The van der Waals surface area contributed by atoms with Crippen LogP contribution < -0.4 is 0 Å². The zero-order valence-electron chi connectivity index (χ0n) is 56.2. The summed E-state index contributed by atoms with van der Waals surface area (Å²) in [6.45, 7) is 47.5. The lowest BCUT2D eigenvalue weighted by Crippen LogP contribution is -2.27. The minimum Gasteiger partial charge on any atom is -0.378 e. The molecule has 0 bridgehead atoms. The van der Waals surface area contributed by atoms with Gasteiger partial charge in [0, 0.05) is 25.0 Å². The van der Waals surface area contributed by atoms with E-state index in [0.29, 0.717) is 35.2 Å². The Balaban J connectivity index is 0.000000456. The molecule has 7 aliphatic rings. The van der Waals surface area contributed by atoms with Gasteiger partial charge < -0.3 is 28.4 Å². The van der Waals surface area contributed by atoms with E-state index in [1.165, 1.54) is 113 Å². The topological polar surface area (TPSA) is 55.4 Å². The Morgan fingerprint density at radius 1 is 0.305 bits per heavy atom. The zero-order chi connectivity index (χ0) is 61.6. The normalized spacial score (nSPS) is 28.2. The highest BCUT2D eigenvalue weighted by molar-refractivity contribution is 5.23. The van der Waals surface area contributed by atoms with Crippen LogP contribution in [0.15, 0.2) is 84.0 Å². The first-order chi connectivity index (χ1) is 38.7. The second-order valence-electron chi connectivity index (χ2n) is 26.2. The minimum atomic E-state index is -0.116. The van der Waals surface area contributed by atoms with Crippen LogP contribution in [0.25, 0.3) is 0 Å². The molecule has 470 valence electrons. The molecular formula is C74H124F2O6. The van der Waals surface area contributed by atoms with Crippen LogP contribution in [0.3, 0.4) is 0 Å². The number of aryl methyl sites for hydroxylation is 6. The molecule has 4 saturated heterocycles. The van der Waals surface area contributed by atoms with Gasteiger partial charge in [-0.3, -0.25) is 0 Å². The smallest absolute Gasteiger partial charge is 0.154 e. The fraction of sp³-hybridized carbons (Fsp3) is 0.703. The van der Waals surface area contributed by atoms with E-state index in [2.05, 4.69) is 133 Å². The van der Waals surface area contributed by atoms with Crippen LogP contribution in [0, 0.1) is 101 Å². The third-order valence-corrected chi connectivity index (χ3v) is 15.9. The van der Waals surface area contributed by atoms with Gasteiger partial charge in [0.25, 0.3) is 0 Å². The minimum absolute atomic E-state index is 0.0196. The van der Waals surface area contributed by atoms with Crippen molar-refractivity contribution < 1.29 is 37.2 Å². The molecule has 0 N–H and O–H groups in total. The number of benzene rings is 3. The van der Waals surface area contributed by atoms with Crippen LogP contribution in [-0.2, 0) is 28.4 Å². The fourth-order valence-corrected chi connectivity index (χ4v) is 9.07. The van der Waals surface area contributed by atoms with Crippen LogP contribution in [0.1, 0.15) is 220 Å². The molecule has 0 aromatic heterocycles. The highest BCUT2D eigenvalue weighted by Crippen LogP contribution is 2.27. The lowest BCUT2D eigenvalue weighted by atomic mass is 9.84. The van der Waals surface area contributed by atoms with Crippen molar-refractivity contribution in [2.45, 2.75) is 253 Å². The van der Waals surface area contributed by atoms with Gasteiger partial charge in [0.05, 0.1) is 38.6 Å². The maximum absolute atomic E-state index is 12.6. The van der Waals surface area contributed by atoms with E-state index < -0.39 is 0 Å². The van der Waals surface area contributed by atoms with Gasteiger partial charge in [-0.05, 0) is 217 Å². The quantitative estimate of drug-likeness (QED) is 0.209. The summed E-state index contributed by atoms with van der Waals surface area (Å²) >= 11 is 0. The van der Waals surface area contributed by atoms with E-state index in [4.69, 9.17) is 28.4 Å². The monoisotopic (exact) mass is 1150 g/mol. The molecule has 6 nitrogen and oxygen atoms in total. The van der Waals surface area contributed by atoms with Gasteiger partial charge in [-0.25, -0.2) is 8.78 Å². The molecule has 6 unspecified atom stereocenters. The van der Waals surface area contributed by atoms with Crippen molar-refractivity contribution in [2.75, 3.05) is 39.6 Å². The van der Waals surface area contributed by atoms with Gasteiger partial charge in [0.15, 0.2) is 12.6 Å². The molecule has 5 fully saturated rings. The summed E-state index contributed by atoms with van der Waals surface area (Å²) in [6, 6.07) is 18.9. The molecule has 3 aromatic rings. The molecule has 4 aliphatic heterocycles. The van der Waals surface area contributed by atoms with E-state index in [0.717, 1.165) is 86.3 Å². The second kappa shape index (κ2) is 45.1. The molecule has 3 aromatic carbocycles. The standard InChI is InChI=1S/2C8H9F.C8H16.2C8H14.C8H10.2C7H14O.2C6H12O2/c2*1-6-3-4-7(2)8(9)5-6;4*1-7-3-5-8(2)6-4-7;2*1-6-3-4-7(2)8-5-6;2*1-5-3-7-6(2)8-4-5/h2*3-5H,1-2H3;7-8H,3-6H2,1-2H3;2*3,8H,4-6H2,1-2H3;3-6H,1-2H3;2*6-7H,3-5H2,1-2H3;2*5-6H,3-4H2,1-2H3. The second-order valence-corrected chi connectivity index (χ2v) is 26.2. The number of halogens is 2. The van der Waals surface area contributed by atoms with E-state index >= 15 is 0 Å². The van der Waals surface area contributed by atoms with Crippen LogP contribution in [0.4, 0.5) is 8.78 Å². The van der Waals surface area contributed by atoms with Gasteiger partial charge in [0.2, 0.25) is 0 Å². The van der Waals surface area contributed by atoms with Gasteiger partial charge in [-0.15, -0.1) is 0 Å². The third-order valence-electron chi connectivity index (χ3n) is 15.9. The van der Waals surface area contributed by atoms with Crippen molar-refractivity contribution in [1.29, 1.82) is 0 Å². The van der Waals surface area contributed by atoms with Crippen molar-refractivity contribution in [3.8, 4) is 0 Å². The fourth-order valence-electron chi connectivity index (χ4n) is 9.07. The predicted molar refractivity (Wildman–Crippen MR) is 347 cm³/mol. The van der Waals surface area contributed by atoms with Crippen molar-refractivity contribution >= 4 is 0 Å². The first-order valence-electron chi connectivity index (χ1n) is 32.2. The Hall–Kier alpha value is -3.24. The van der Waals surface area contributed by atoms with Gasteiger partial charge in [-0.1, -0.05) is 164 Å². The van der Waals surface area contributed by atoms with Crippen LogP contribution in [0.2, 0.25) is 0 Å². The predicted octanol–water partition coefficient (Wildman–Crippen LogP) is 21.2. The summed E-state index contributed by atoms with van der Waals surface area (Å²) in [5.41, 5.74) is 9.19. The highest BCUT2D eigenvalue weighted by atomic mass is 19.1. The van der Waals surface area contributed by atoms with Gasteiger partial charge in [0.1, 0.15) is 11.6 Å². The molecule has 8 heteroatoms. The Kier molecular flexibility index (Phi) is 42.3. The van der Waals surface area contributed by atoms with Crippen molar-refractivity contribution in [1.82, 2.24) is 0 Å². The zero-order valence-corrected chi connectivity index (χ0v) is 56.2. The summed E-state index contributed by atoms with van der Waals surface area (Å²) in [5.74, 6) is 6.44. The van der Waals surface area contributed by atoms with Crippen LogP contribution in [-0.4, -0.2) is 64.4 Å². The molecule has 82 heavy (non-hydrogen) atoms. The summed E-state index contributed by atoms with van der Waals surface area (Å²) in [4.78, 5) is 0. The summed E-state index contributed by atoms with van der Waals surface area (Å²) in [5, 5.41) is 0. The maximum Gasteiger partial charge on any atom is 0.154 e. The van der Waals surface area contributed by atoms with E-state index in [-0.39, 0.29) is 24.2 Å². The molecule has 3 aliphatic carbocycles. The molecule has 0 radical (unpaired) electrons. The SMILES string of the molecule is CC1=CCC(C)CC1.CC1=CCC(C)CC1.CC1CCC(C)CC1.CC1CCC(C)OC1.CC1CCC(C)OC1.CC1COC(C)OC1.CC1COC(C)OC1.Cc1ccc(C)c(F)c1.Cc1ccc(C)c(F)c1.Cc1ccc(C)cc1. The number of ether oxygens (including phenoxy) is 6. The molecule has 10 rings (SSSR count). The van der Waals surface area contributed by atoms with E-state index in [1.54, 1.807) is 37.1 Å². The average molecular weight is 1150 g/mol. The molecule has 6 atom stereocenters. The Morgan fingerprint density at radius 2 is 0.585 bits per heavy atom. The number of hydrogen-bond acceptors (Lipinski definition) is 6. The number of rotatable bonds is 0. The van der Waals surface area contributed by atoms with Crippen LogP contribution >= 0.6 is 0 Å². The highest BCUT2D eigenvalue weighted by Gasteiger charge is 2.17. The summed E-state index contributed by atoms with van der Waals surface area (Å²) in [7, 11) is 0. The first kappa shape index (κ1) is 76.8. The summed E-state index contributed by atoms with van der Waals surface area (Å²) in [6.07, 6.45) is 25.0. The Labute approximate surface area is 504 Å². The average Bonchev–Trinajstić information content (AvgIpc) is 3.45.